The van der Waals surface area contributed by atoms with Gasteiger partial charge < -0.3 is 14.8 Å². The first-order valence-corrected chi connectivity index (χ1v) is 9.04. The third-order valence-electron chi connectivity index (χ3n) is 4.14. The van der Waals surface area contributed by atoms with E-state index in [2.05, 4.69) is 20.7 Å². The molecule has 0 aliphatic carbocycles. The molecule has 8 heteroatoms. The van der Waals surface area contributed by atoms with Crippen LogP contribution in [0.15, 0.2) is 48.5 Å². The summed E-state index contributed by atoms with van der Waals surface area (Å²) in [6.45, 7) is 4.33. The first-order valence-electron chi connectivity index (χ1n) is 9.04. The zero-order valence-corrected chi connectivity index (χ0v) is 16.1. The number of nitrogens with one attached hydrogen (secondary N) is 1. The molecule has 1 amide bonds. The summed E-state index contributed by atoms with van der Waals surface area (Å²) >= 11 is 0. The lowest BCUT2D eigenvalue weighted by Gasteiger charge is -2.13. The van der Waals surface area contributed by atoms with Gasteiger partial charge in [-0.3, -0.25) is 4.79 Å². The number of methoxy groups -OCH3 is 1. The Kier molecular flexibility index (Phi) is 6.21. The molecule has 0 aliphatic rings. The van der Waals surface area contributed by atoms with E-state index in [0.717, 1.165) is 11.1 Å². The topological polar surface area (TPSA) is 91.2 Å². The van der Waals surface area contributed by atoms with E-state index in [9.17, 15) is 4.79 Å². The van der Waals surface area contributed by atoms with Crippen molar-refractivity contribution in [3.05, 3.63) is 54.1 Å². The summed E-state index contributed by atoms with van der Waals surface area (Å²) in [5.41, 5.74) is 1.76. The van der Waals surface area contributed by atoms with Gasteiger partial charge in [0.05, 0.1) is 19.8 Å². The Bertz CT molecular complexity index is 927. The minimum Gasteiger partial charge on any atom is -0.493 e. The molecule has 3 rings (SSSR count). The number of hydrogen-bond donors (Lipinski definition) is 1. The summed E-state index contributed by atoms with van der Waals surface area (Å²) in [5, 5.41) is 15.2. The van der Waals surface area contributed by atoms with Crippen LogP contribution in [0, 0.1) is 0 Å². The zero-order valence-electron chi connectivity index (χ0n) is 16.1. The zero-order chi connectivity index (χ0) is 19.9. The number of carbonyl (C=O) groups is 1. The van der Waals surface area contributed by atoms with Crippen molar-refractivity contribution in [3.63, 3.8) is 0 Å². The normalized spacial score (nSPS) is 11.7. The molecule has 0 aliphatic heterocycles. The van der Waals surface area contributed by atoms with Crippen LogP contribution in [0.3, 0.4) is 0 Å². The molecule has 2 aromatic carbocycles. The molecule has 0 bridgehead atoms. The van der Waals surface area contributed by atoms with Gasteiger partial charge in [-0.25, -0.2) is 0 Å². The second-order valence-corrected chi connectivity index (χ2v) is 6.14. The molecule has 1 N–H and O–H groups in total. The van der Waals surface area contributed by atoms with Crippen LogP contribution in [0.5, 0.6) is 11.5 Å². The summed E-state index contributed by atoms with van der Waals surface area (Å²) in [6, 6.07) is 15.0. The molecule has 0 fully saturated rings. The molecular weight excluding hydrogens is 358 g/mol. The number of aromatic nitrogens is 4. The molecule has 0 saturated heterocycles. The number of tetrazole rings is 1. The van der Waals surface area contributed by atoms with E-state index in [1.165, 1.54) is 4.80 Å². The third kappa shape index (κ3) is 4.64. The molecule has 0 saturated carbocycles. The van der Waals surface area contributed by atoms with Crippen LogP contribution in [0.25, 0.3) is 11.4 Å². The Morgan fingerprint density at radius 2 is 1.96 bits per heavy atom. The SMILES string of the molecule is CCOc1cc(-c2nnn(CC(=O)NC(C)c3ccccc3)n2)ccc1OC. The van der Waals surface area contributed by atoms with Crippen molar-refractivity contribution in [2.45, 2.75) is 26.4 Å². The van der Waals surface area contributed by atoms with Gasteiger partial charge in [-0.15, -0.1) is 10.2 Å². The Balaban J connectivity index is 1.67. The molecule has 0 radical (unpaired) electrons. The van der Waals surface area contributed by atoms with Gasteiger partial charge in [-0.1, -0.05) is 30.3 Å². The van der Waals surface area contributed by atoms with Gasteiger partial charge in [0.15, 0.2) is 11.5 Å². The first-order chi connectivity index (χ1) is 13.6. The van der Waals surface area contributed by atoms with Crippen LogP contribution in [0.2, 0.25) is 0 Å². The monoisotopic (exact) mass is 381 g/mol. The highest BCUT2D eigenvalue weighted by Gasteiger charge is 2.14. The van der Waals surface area contributed by atoms with E-state index in [1.807, 2.05) is 50.2 Å². The van der Waals surface area contributed by atoms with E-state index >= 15 is 0 Å². The standard InChI is InChI=1S/C20H23N5O3/c1-4-28-18-12-16(10-11-17(18)27-3)20-22-24-25(23-20)13-19(26)21-14(2)15-8-6-5-7-9-15/h5-12,14H,4,13H2,1-3H3,(H,21,26). The lowest BCUT2D eigenvalue weighted by Crippen LogP contribution is -2.30. The van der Waals surface area contributed by atoms with E-state index in [4.69, 9.17) is 9.47 Å². The lowest BCUT2D eigenvalue weighted by molar-refractivity contribution is -0.122. The molecule has 1 atom stereocenters. The summed E-state index contributed by atoms with van der Waals surface area (Å²) in [5.74, 6) is 1.46. The van der Waals surface area contributed by atoms with Crippen LogP contribution in [-0.4, -0.2) is 39.8 Å². The number of hydrogen-bond acceptors (Lipinski definition) is 6. The number of rotatable bonds is 8. The molecule has 28 heavy (non-hydrogen) atoms. The Morgan fingerprint density at radius 1 is 1.18 bits per heavy atom. The molecule has 1 aromatic heterocycles. The molecule has 8 nitrogen and oxygen atoms in total. The Morgan fingerprint density at radius 3 is 2.68 bits per heavy atom. The van der Waals surface area contributed by atoms with Gasteiger partial charge in [-0.2, -0.15) is 4.80 Å². The second kappa shape index (κ2) is 8.98. The van der Waals surface area contributed by atoms with Crippen molar-refractivity contribution in [1.82, 2.24) is 25.5 Å². The van der Waals surface area contributed by atoms with Crippen molar-refractivity contribution in [1.29, 1.82) is 0 Å². The van der Waals surface area contributed by atoms with Gasteiger partial charge in [0, 0.05) is 5.56 Å². The van der Waals surface area contributed by atoms with E-state index < -0.39 is 0 Å². The average molecular weight is 381 g/mol. The van der Waals surface area contributed by atoms with Crippen molar-refractivity contribution in [2.24, 2.45) is 0 Å². The van der Waals surface area contributed by atoms with Crippen molar-refractivity contribution < 1.29 is 14.3 Å². The highest BCUT2D eigenvalue weighted by molar-refractivity contribution is 5.76. The summed E-state index contributed by atoms with van der Waals surface area (Å²) < 4.78 is 10.9. The van der Waals surface area contributed by atoms with Crippen LogP contribution < -0.4 is 14.8 Å². The second-order valence-electron chi connectivity index (χ2n) is 6.14. The quantitative estimate of drug-likeness (QED) is 0.645. The van der Waals surface area contributed by atoms with Gasteiger partial charge >= 0.3 is 0 Å². The minimum absolute atomic E-state index is 0.0152. The average Bonchev–Trinajstić information content (AvgIpc) is 3.17. The highest BCUT2D eigenvalue weighted by Crippen LogP contribution is 2.31. The van der Waals surface area contributed by atoms with E-state index in [0.29, 0.717) is 23.9 Å². The summed E-state index contributed by atoms with van der Waals surface area (Å²) in [6.07, 6.45) is 0. The molecule has 1 unspecified atom stereocenters. The van der Waals surface area contributed by atoms with Gasteiger partial charge in [0.1, 0.15) is 6.54 Å². The minimum atomic E-state index is -0.190. The Hall–Kier alpha value is -3.42. The number of carbonyl (C=O) groups excluding carboxylic acids is 1. The smallest absolute Gasteiger partial charge is 0.244 e. The van der Waals surface area contributed by atoms with Crippen LogP contribution >= 0.6 is 0 Å². The van der Waals surface area contributed by atoms with Crippen LogP contribution in [-0.2, 0) is 11.3 Å². The summed E-state index contributed by atoms with van der Waals surface area (Å²) in [4.78, 5) is 13.6. The molecule has 3 aromatic rings. The fraction of sp³-hybridized carbons (Fsp3) is 0.300. The maximum atomic E-state index is 12.3. The fourth-order valence-corrected chi connectivity index (χ4v) is 2.75. The van der Waals surface area contributed by atoms with Crippen LogP contribution in [0.1, 0.15) is 25.5 Å². The molecule has 0 spiro atoms. The molecule has 1 heterocycles. The predicted molar refractivity (Wildman–Crippen MR) is 104 cm³/mol. The maximum absolute atomic E-state index is 12.3. The maximum Gasteiger partial charge on any atom is 0.244 e. The number of ether oxygens (including phenoxy) is 2. The molecule has 146 valence electrons. The molecular formula is C20H23N5O3. The van der Waals surface area contributed by atoms with Gasteiger partial charge in [0.25, 0.3) is 0 Å². The van der Waals surface area contributed by atoms with E-state index in [1.54, 1.807) is 19.2 Å². The number of amides is 1. The lowest BCUT2D eigenvalue weighted by atomic mass is 10.1. The van der Waals surface area contributed by atoms with Crippen molar-refractivity contribution in [3.8, 4) is 22.9 Å². The first kappa shape index (κ1) is 19.3. The fourth-order valence-electron chi connectivity index (χ4n) is 2.75. The highest BCUT2D eigenvalue weighted by atomic mass is 16.5. The summed E-state index contributed by atoms with van der Waals surface area (Å²) in [7, 11) is 1.58. The predicted octanol–water partition coefficient (Wildman–Crippen LogP) is 2.62. The number of benzene rings is 2. The largest absolute Gasteiger partial charge is 0.493 e. The van der Waals surface area contributed by atoms with Crippen LogP contribution in [0.4, 0.5) is 0 Å². The van der Waals surface area contributed by atoms with Gasteiger partial charge in [0.2, 0.25) is 11.7 Å². The number of nitrogens with zero attached hydrogens (tertiary/aromatic N) is 4. The van der Waals surface area contributed by atoms with Gasteiger partial charge in [-0.05, 0) is 42.8 Å². The van der Waals surface area contributed by atoms with Crippen molar-refractivity contribution >= 4 is 5.91 Å². The third-order valence-corrected chi connectivity index (χ3v) is 4.14. The Labute approximate surface area is 163 Å². The van der Waals surface area contributed by atoms with Crippen molar-refractivity contribution in [2.75, 3.05) is 13.7 Å². The van der Waals surface area contributed by atoms with E-state index in [-0.39, 0.29) is 18.5 Å².